The third-order valence-electron chi connectivity index (χ3n) is 4.24. The zero-order chi connectivity index (χ0) is 20.4. The van der Waals surface area contributed by atoms with Crippen LogP contribution in [0.15, 0.2) is 59.3 Å². The maximum absolute atomic E-state index is 13.9. The van der Waals surface area contributed by atoms with Crippen LogP contribution in [0, 0.1) is 12.7 Å². The Morgan fingerprint density at radius 3 is 2.90 bits per heavy atom. The van der Waals surface area contributed by atoms with Gasteiger partial charge in [0.2, 0.25) is 0 Å². The minimum absolute atomic E-state index is 0.0436. The molecule has 0 spiro atoms. The molecule has 4 rings (SSSR count). The third-order valence-corrected chi connectivity index (χ3v) is 5.38. The largest absolute Gasteiger partial charge is 0.459 e. The Labute approximate surface area is 168 Å². The van der Waals surface area contributed by atoms with Crippen LogP contribution < -0.4 is 5.32 Å². The van der Waals surface area contributed by atoms with E-state index in [0.717, 1.165) is 11.3 Å². The monoisotopic (exact) mass is 410 g/mol. The van der Waals surface area contributed by atoms with Crippen molar-refractivity contribution in [1.82, 2.24) is 4.98 Å². The molecule has 0 radical (unpaired) electrons. The van der Waals surface area contributed by atoms with Crippen LogP contribution in [0.5, 0.6) is 0 Å². The number of esters is 1. The van der Waals surface area contributed by atoms with Crippen molar-refractivity contribution in [2.45, 2.75) is 13.5 Å². The number of carbonyl (C=O) groups excluding carboxylic acids is 2. The van der Waals surface area contributed by atoms with Gasteiger partial charge in [-0.3, -0.25) is 9.78 Å². The van der Waals surface area contributed by atoms with Gasteiger partial charge in [0, 0.05) is 17.1 Å². The molecule has 0 fully saturated rings. The number of nitrogens with one attached hydrogen (secondary N) is 1. The summed E-state index contributed by atoms with van der Waals surface area (Å²) in [7, 11) is 0. The Balaban J connectivity index is 1.48. The molecule has 0 saturated carbocycles. The van der Waals surface area contributed by atoms with E-state index in [9.17, 15) is 14.0 Å². The van der Waals surface area contributed by atoms with Crippen LogP contribution in [0.4, 0.5) is 9.39 Å². The zero-order valence-corrected chi connectivity index (χ0v) is 16.1. The molecule has 8 heteroatoms. The van der Waals surface area contributed by atoms with Gasteiger partial charge in [-0.1, -0.05) is 6.07 Å². The first-order chi connectivity index (χ1) is 14.0. The summed E-state index contributed by atoms with van der Waals surface area (Å²) in [5.74, 6) is -1.13. The predicted octanol–water partition coefficient (Wildman–Crippen LogP) is 4.95. The Morgan fingerprint density at radius 1 is 1.24 bits per heavy atom. The van der Waals surface area contributed by atoms with Crippen molar-refractivity contribution in [1.29, 1.82) is 0 Å². The van der Waals surface area contributed by atoms with E-state index in [1.807, 2.05) is 0 Å². The molecular formula is C21H15FN2O4S. The number of ether oxygens (including phenoxy) is 1. The molecule has 6 nitrogen and oxygen atoms in total. The number of benzene rings is 1. The lowest BCUT2D eigenvalue weighted by Crippen LogP contribution is -2.09. The number of carbonyl (C=O) groups is 2. The highest BCUT2D eigenvalue weighted by atomic mass is 32.1. The van der Waals surface area contributed by atoms with Gasteiger partial charge in [-0.2, -0.15) is 0 Å². The molecule has 0 bridgehead atoms. The predicted molar refractivity (Wildman–Crippen MR) is 107 cm³/mol. The zero-order valence-electron chi connectivity index (χ0n) is 15.3. The Hall–Kier alpha value is -3.52. The molecule has 0 unspecified atom stereocenters. The number of amides is 1. The number of aromatic nitrogens is 1. The second-order valence-corrected chi connectivity index (χ2v) is 7.29. The van der Waals surface area contributed by atoms with Gasteiger partial charge >= 0.3 is 5.97 Å². The summed E-state index contributed by atoms with van der Waals surface area (Å²) in [6.07, 6.45) is 2.97. The van der Waals surface area contributed by atoms with E-state index in [1.54, 1.807) is 49.5 Å². The number of hydrogen-bond donors (Lipinski definition) is 1. The minimum Gasteiger partial charge on any atom is -0.459 e. The fourth-order valence-electron chi connectivity index (χ4n) is 2.85. The number of pyridine rings is 1. The topological polar surface area (TPSA) is 81.4 Å². The summed E-state index contributed by atoms with van der Waals surface area (Å²) in [5.41, 5.74) is 1.74. The van der Waals surface area contributed by atoms with E-state index in [1.165, 1.54) is 12.3 Å². The first-order valence-corrected chi connectivity index (χ1v) is 9.49. The van der Waals surface area contributed by atoms with Crippen LogP contribution in [0.2, 0.25) is 0 Å². The van der Waals surface area contributed by atoms with E-state index in [0.29, 0.717) is 31.9 Å². The maximum atomic E-state index is 13.9. The number of rotatable bonds is 5. The van der Waals surface area contributed by atoms with E-state index in [-0.39, 0.29) is 18.2 Å². The second kappa shape index (κ2) is 7.84. The first kappa shape index (κ1) is 18.8. The Bertz CT molecular complexity index is 1200. The van der Waals surface area contributed by atoms with Crippen molar-refractivity contribution in [2.75, 3.05) is 5.32 Å². The summed E-state index contributed by atoms with van der Waals surface area (Å²) >= 11 is 1.11. The van der Waals surface area contributed by atoms with Crippen LogP contribution in [-0.4, -0.2) is 16.9 Å². The normalized spacial score (nSPS) is 10.8. The molecule has 3 heterocycles. The third kappa shape index (κ3) is 3.88. The smallest absolute Gasteiger partial charge is 0.348 e. The van der Waals surface area contributed by atoms with Crippen molar-refractivity contribution in [2.24, 2.45) is 0 Å². The van der Waals surface area contributed by atoms with Gasteiger partial charge in [-0.15, -0.1) is 11.3 Å². The van der Waals surface area contributed by atoms with E-state index < -0.39 is 11.9 Å². The molecule has 1 aromatic carbocycles. The van der Waals surface area contributed by atoms with E-state index in [2.05, 4.69) is 10.3 Å². The minimum atomic E-state index is -0.528. The molecule has 0 saturated heterocycles. The number of anilines is 1. The van der Waals surface area contributed by atoms with Crippen molar-refractivity contribution in [3.05, 3.63) is 82.5 Å². The standard InChI is InChI=1S/C21H15FN2O4S/c1-12-10-17(24-20(25)16-5-3-9-27-16)29-19(12)21(26)28-11-13-6-7-15(22)14-4-2-8-23-18(13)14/h2-10H,11H2,1H3,(H,24,25). The first-order valence-electron chi connectivity index (χ1n) is 8.67. The van der Waals surface area contributed by atoms with Gasteiger partial charge in [0.1, 0.15) is 17.3 Å². The summed E-state index contributed by atoms with van der Waals surface area (Å²) in [4.78, 5) is 29.2. The Morgan fingerprint density at radius 2 is 2.10 bits per heavy atom. The lowest BCUT2D eigenvalue weighted by Gasteiger charge is -2.07. The van der Waals surface area contributed by atoms with Crippen LogP contribution in [0.1, 0.15) is 31.4 Å². The van der Waals surface area contributed by atoms with Crippen molar-refractivity contribution in [3.63, 3.8) is 0 Å². The Kier molecular flexibility index (Phi) is 5.09. The molecule has 3 aromatic heterocycles. The molecule has 0 aliphatic heterocycles. The number of aryl methyl sites for hydroxylation is 1. The summed E-state index contributed by atoms with van der Waals surface area (Å²) in [6.45, 7) is 1.71. The molecular weight excluding hydrogens is 395 g/mol. The van der Waals surface area contributed by atoms with Crippen LogP contribution >= 0.6 is 11.3 Å². The molecule has 146 valence electrons. The van der Waals surface area contributed by atoms with Crippen LogP contribution in [0.3, 0.4) is 0 Å². The lowest BCUT2D eigenvalue weighted by molar-refractivity contribution is 0.0479. The lowest BCUT2D eigenvalue weighted by atomic mass is 10.1. The van der Waals surface area contributed by atoms with Crippen LogP contribution in [0.25, 0.3) is 10.9 Å². The fraction of sp³-hybridized carbons (Fsp3) is 0.0952. The SMILES string of the molecule is Cc1cc(NC(=O)c2ccco2)sc1C(=O)OCc1ccc(F)c2cccnc12. The average Bonchev–Trinajstić information content (AvgIpc) is 3.37. The molecule has 0 aliphatic rings. The molecule has 29 heavy (non-hydrogen) atoms. The van der Waals surface area contributed by atoms with E-state index in [4.69, 9.17) is 9.15 Å². The van der Waals surface area contributed by atoms with Crippen LogP contribution in [-0.2, 0) is 11.3 Å². The van der Waals surface area contributed by atoms with Gasteiger partial charge in [0.15, 0.2) is 5.76 Å². The quantitative estimate of drug-likeness (QED) is 0.471. The summed E-state index contributed by atoms with van der Waals surface area (Å²) in [5, 5.41) is 3.57. The number of halogens is 1. The van der Waals surface area contributed by atoms with Gasteiger partial charge in [-0.25, -0.2) is 9.18 Å². The summed E-state index contributed by atoms with van der Waals surface area (Å²) < 4.78 is 24.4. The number of nitrogens with zero attached hydrogens (tertiary/aromatic N) is 1. The van der Waals surface area contributed by atoms with E-state index >= 15 is 0 Å². The molecule has 0 aliphatic carbocycles. The fourth-order valence-corrected chi connectivity index (χ4v) is 3.81. The maximum Gasteiger partial charge on any atom is 0.348 e. The second-order valence-electron chi connectivity index (χ2n) is 6.24. The number of fused-ring (bicyclic) bond motifs is 1. The number of hydrogen-bond acceptors (Lipinski definition) is 6. The van der Waals surface area contributed by atoms with Gasteiger partial charge in [0.25, 0.3) is 5.91 Å². The highest BCUT2D eigenvalue weighted by Crippen LogP contribution is 2.28. The van der Waals surface area contributed by atoms with Crippen molar-refractivity contribution < 1.29 is 23.1 Å². The van der Waals surface area contributed by atoms with Gasteiger partial charge in [-0.05, 0) is 48.9 Å². The highest BCUT2D eigenvalue weighted by Gasteiger charge is 2.18. The molecule has 4 aromatic rings. The molecule has 0 atom stereocenters. The van der Waals surface area contributed by atoms with Crippen molar-refractivity contribution >= 4 is 39.1 Å². The molecule has 1 amide bonds. The van der Waals surface area contributed by atoms with Gasteiger partial charge < -0.3 is 14.5 Å². The van der Waals surface area contributed by atoms with Crippen molar-refractivity contribution in [3.8, 4) is 0 Å². The number of furan rings is 1. The highest BCUT2D eigenvalue weighted by molar-refractivity contribution is 7.18. The average molecular weight is 410 g/mol. The number of thiophene rings is 1. The summed E-state index contributed by atoms with van der Waals surface area (Å²) in [6, 6.07) is 11.0. The molecule has 1 N–H and O–H groups in total. The van der Waals surface area contributed by atoms with Gasteiger partial charge in [0.05, 0.1) is 16.8 Å².